The molecule has 1 aliphatic rings. The summed E-state index contributed by atoms with van der Waals surface area (Å²) in [5, 5.41) is 0. The molecule has 0 radical (unpaired) electrons. The fourth-order valence-corrected chi connectivity index (χ4v) is 2.53. The molecule has 20 heavy (non-hydrogen) atoms. The molecule has 1 heterocycles. The number of hydrogen-bond donors (Lipinski definition) is 1. The van der Waals surface area contributed by atoms with Crippen LogP contribution in [-0.2, 0) is 10.3 Å². The lowest BCUT2D eigenvalue weighted by Crippen LogP contribution is -2.48. The molecule has 110 valence electrons. The van der Waals surface area contributed by atoms with Crippen LogP contribution < -0.4 is 10.5 Å². The Kier molecular flexibility index (Phi) is 4.49. The molecule has 2 rings (SSSR count). The second-order valence-electron chi connectivity index (χ2n) is 5.05. The van der Waals surface area contributed by atoms with Crippen molar-refractivity contribution >= 4 is 5.96 Å². The lowest BCUT2D eigenvalue weighted by Gasteiger charge is -2.36. The summed E-state index contributed by atoms with van der Waals surface area (Å²) >= 11 is 0. The van der Waals surface area contributed by atoms with Crippen molar-refractivity contribution in [1.82, 2.24) is 4.90 Å². The van der Waals surface area contributed by atoms with Crippen LogP contribution >= 0.6 is 0 Å². The molecule has 2 N–H and O–H groups in total. The number of methoxy groups -OCH3 is 1. The van der Waals surface area contributed by atoms with Crippen molar-refractivity contribution in [3.05, 3.63) is 29.8 Å². The standard InChI is InChI=1S/C15H23N3O2/c1-4-20-13-7-5-12(6-8-13)15(2)11-17-14(16)18(15)9-10-19-3/h5-8H,4,9-11H2,1-3H3,(H2,16,17). The molecule has 1 aromatic carbocycles. The van der Waals surface area contributed by atoms with Crippen LogP contribution in [0, 0.1) is 0 Å². The van der Waals surface area contributed by atoms with E-state index in [9.17, 15) is 0 Å². The van der Waals surface area contributed by atoms with E-state index in [2.05, 4.69) is 28.9 Å². The Bertz CT molecular complexity index is 473. The minimum atomic E-state index is -0.215. The maximum atomic E-state index is 6.01. The molecule has 1 aliphatic heterocycles. The van der Waals surface area contributed by atoms with Gasteiger partial charge in [-0.1, -0.05) is 12.1 Å². The normalized spacial score (nSPS) is 21.9. The molecular weight excluding hydrogens is 254 g/mol. The van der Waals surface area contributed by atoms with Gasteiger partial charge in [0, 0.05) is 13.7 Å². The maximum Gasteiger partial charge on any atom is 0.192 e. The van der Waals surface area contributed by atoms with Crippen molar-refractivity contribution < 1.29 is 9.47 Å². The molecule has 0 spiro atoms. The van der Waals surface area contributed by atoms with E-state index in [0.29, 0.717) is 25.7 Å². The largest absolute Gasteiger partial charge is 0.494 e. The summed E-state index contributed by atoms with van der Waals surface area (Å²) in [6, 6.07) is 8.15. The second kappa shape index (κ2) is 6.13. The lowest BCUT2D eigenvalue weighted by molar-refractivity contribution is 0.137. The summed E-state index contributed by atoms with van der Waals surface area (Å²) < 4.78 is 10.6. The van der Waals surface area contributed by atoms with Crippen LogP contribution in [0.2, 0.25) is 0 Å². The first-order chi connectivity index (χ1) is 9.61. The number of guanidine groups is 1. The Morgan fingerprint density at radius 2 is 2.05 bits per heavy atom. The topological polar surface area (TPSA) is 60.1 Å². The zero-order valence-corrected chi connectivity index (χ0v) is 12.4. The highest BCUT2D eigenvalue weighted by Crippen LogP contribution is 2.33. The van der Waals surface area contributed by atoms with Gasteiger partial charge in [-0.15, -0.1) is 0 Å². The van der Waals surface area contributed by atoms with Crippen LogP contribution in [-0.4, -0.2) is 44.3 Å². The van der Waals surface area contributed by atoms with E-state index in [1.165, 1.54) is 5.56 Å². The van der Waals surface area contributed by atoms with Crippen molar-refractivity contribution in [3.8, 4) is 5.75 Å². The van der Waals surface area contributed by atoms with Gasteiger partial charge in [-0.3, -0.25) is 4.99 Å². The van der Waals surface area contributed by atoms with Gasteiger partial charge in [0.25, 0.3) is 0 Å². The van der Waals surface area contributed by atoms with Crippen LogP contribution in [0.15, 0.2) is 29.3 Å². The Morgan fingerprint density at radius 3 is 2.65 bits per heavy atom. The highest BCUT2D eigenvalue weighted by molar-refractivity contribution is 5.81. The van der Waals surface area contributed by atoms with E-state index in [1.807, 2.05) is 19.1 Å². The first kappa shape index (κ1) is 14.7. The molecular formula is C15H23N3O2. The van der Waals surface area contributed by atoms with Crippen molar-refractivity contribution in [3.63, 3.8) is 0 Å². The lowest BCUT2D eigenvalue weighted by atomic mass is 9.91. The third-order valence-corrected chi connectivity index (χ3v) is 3.73. The summed E-state index contributed by atoms with van der Waals surface area (Å²) in [6.07, 6.45) is 0. The number of benzene rings is 1. The first-order valence-corrected chi connectivity index (χ1v) is 6.91. The number of ether oxygens (including phenoxy) is 2. The molecule has 1 aromatic rings. The zero-order valence-electron chi connectivity index (χ0n) is 12.4. The van der Waals surface area contributed by atoms with Gasteiger partial charge in [-0.05, 0) is 31.5 Å². The molecule has 0 amide bonds. The third-order valence-electron chi connectivity index (χ3n) is 3.73. The molecule has 0 aromatic heterocycles. The van der Waals surface area contributed by atoms with Gasteiger partial charge in [0.2, 0.25) is 0 Å². The minimum absolute atomic E-state index is 0.215. The third kappa shape index (κ3) is 2.72. The van der Waals surface area contributed by atoms with Crippen LogP contribution in [0.1, 0.15) is 19.4 Å². The van der Waals surface area contributed by atoms with E-state index >= 15 is 0 Å². The fraction of sp³-hybridized carbons (Fsp3) is 0.533. The maximum absolute atomic E-state index is 6.01. The van der Waals surface area contributed by atoms with Gasteiger partial charge in [-0.25, -0.2) is 0 Å². The van der Waals surface area contributed by atoms with Gasteiger partial charge in [0.1, 0.15) is 5.75 Å². The summed E-state index contributed by atoms with van der Waals surface area (Å²) in [7, 11) is 1.69. The van der Waals surface area contributed by atoms with Crippen LogP contribution in [0.5, 0.6) is 5.75 Å². The Balaban J connectivity index is 2.20. The molecule has 0 bridgehead atoms. The minimum Gasteiger partial charge on any atom is -0.494 e. The SMILES string of the molecule is CCOc1ccc(C2(C)CN=C(N)N2CCOC)cc1. The monoisotopic (exact) mass is 277 g/mol. The molecule has 1 unspecified atom stereocenters. The first-order valence-electron chi connectivity index (χ1n) is 6.91. The second-order valence-corrected chi connectivity index (χ2v) is 5.05. The Morgan fingerprint density at radius 1 is 1.35 bits per heavy atom. The van der Waals surface area contributed by atoms with Crippen LogP contribution in [0.3, 0.4) is 0 Å². The average Bonchev–Trinajstić information content (AvgIpc) is 2.74. The number of nitrogens with two attached hydrogens (primary N) is 1. The summed E-state index contributed by atoms with van der Waals surface area (Å²) in [5.41, 5.74) is 6.97. The van der Waals surface area contributed by atoms with Gasteiger partial charge >= 0.3 is 0 Å². The Hall–Kier alpha value is -1.75. The molecule has 5 heteroatoms. The number of hydrogen-bond acceptors (Lipinski definition) is 5. The zero-order chi connectivity index (χ0) is 14.6. The van der Waals surface area contributed by atoms with Gasteiger partial charge in [-0.2, -0.15) is 0 Å². The van der Waals surface area contributed by atoms with Crippen molar-refractivity contribution in [1.29, 1.82) is 0 Å². The van der Waals surface area contributed by atoms with E-state index < -0.39 is 0 Å². The van der Waals surface area contributed by atoms with Gasteiger partial charge < -0.3 is 20.1 Å². The van der Waals surface area contributed by atoms with Gasteiger partial charge in [0.05, 0.1) is 25.3 Å². The highest BCUT2D eigenvalue weighted by Gasteiger charge is 2.39. The van der Waals surface area contributed by atoms with E-state index in [0.717, 1.165) is 12.3 Å². The highest BCUT2D eigenvalue weighted by atomic mass is 16.5. The van der Waals surface area contributed by atoms with Crippen LogP contribution in [0.25, 0.3) is 0 Å². The van der Waals surface area contributed by atoms with Crippen molar-refractivity contribution in [2.24, 2.45) is 10.7 Å². The molecule has 0 aliphatic carbocycles. The predicted octanol–water partition coefficient (Wildman–Crippen LogP) is 1.58. The average molecular weight is 277 g/mol. The van der Waals surface area contributed by atoms with Crippen molar-refractivity contribution in [2.75, 3.05) is 33.4 Å². The predicted molar refractivity (Wildman–Crippen MR) is 80.0 cm³/mol. The molecule has 0 saturated heterocycles. The summed E-state index contributed by atoms with van der Waals surface area (Å²) in [6.45, 7) is 6.83. The quantitative estimate of drug-likeness (QED) is 0.857. The van der Waals surface area contributed by atoms with Crippen molar-refractivity contribution in [2.45, 2.75) is 19.4 Å². The molecule has 1 atom stereocenters. The van der Waals surface area contributed by atoms with E-state index in [4.69, 9.17) is 15.2 Å². The van der Waals surface area contributed by atoms with E-state index in [1.54, 1.807) is 7.11 Å². The summed E-state index contributed by atoms with van der Waals surface area (Å²) in [5.74, 6) is 1.47. The Labute approximate surface area is 120 Å². The number of rotatable bonds is 6. The fourth-order valence-electron chi connectivity index (χ4n) is 2.53. The smallest absolute Gasteiger partial charge is 0.192 e. The summed E-state index contributed by atoms with van der Waals surface area (Å²) in [4.78, 5) is 6.50. The number of aliphatic imine (C=N–C) groups is 1. The molecule has 5 nitrogen and oxygen atoms in total. The van der Waals surface area contributed by atoms with E-state index in [-0.39, 0.29) is 5.54 Å². The number of nitrogens with zero attached hydrogens (tertiary/aromatic N) is 2. The van der Waals surface area contributed by atoms with Crippen LogP contribution in [0.4, 0.5) is 0 Å². The van der Waals surface area contributed by atoms with Gasteiger partial charge in [0.15, 0.2) is 5.96 Å². The molecule has 0 saturated carbocycles. The molecule has 0 fully saturated rings.